The number of amides is 2. The van der Waals surface area contributed by atoms with Gasteiger partial charge in [0.25, 0.3) is 11.6 Å². The van der Waals surface area contributed by atoms with Crippen LogP contribution in [0.5, 0.6) is 0 Å². The van der Waals surface area contributed by atoms with Gasteiger partial charge in [0.1, 0.15) is 5.02 Å². The summed E-state index contributed by atoms with van der Waals surface area (Å²) in [5.74, 6) is -1.93. The van der Waals surface area contributed by atoms with E-state index in [0.29, 0.717) is 0 Å². The number of nitro benzene ring substituents is 1. The van der Waals surface area contributed by atoms with E-state index in [4.69, 9.17) is 11.6 Å². The molecule has 0 radical (unpaired) electrons. The normalized spacial score (nSPS) is 9.73. The van der Waals surface area contributed by atoms with Crippen LogP contribution in [0.25, 0.3) is 0 Å². The van der Waals surface area contributed by atoms with Crippen LogP contribution in [0.2, 0.25) is 5.02 Å². The van der Waals surface area contributed by atoms with Crippen molar-refractivity contribution >= 4 is 35.1 Å². The average Bonchev–Trinajstić information content (AvgIpc) is 2.50. The van der Waals surface area contributed by atoms with E-state index in [0.717, 1.165) is 6.07 Å². The molecule has 118 valence electrons. The van der Waals surface area contributed by atoms with Crippen molar-refractivity contribution in [3.05, 3.63) is 38.9 Å². The topological polar surface area (TPSA) is 128 Å². The number of rotatable bonds is 5. The number of methoxy groups -OCH3 is 1. The smallest absolute Gasteiger partial charge is 0.306 e. The van der Waals surface area contributed by atoms with E-state index in [-0.39, 0.29) is 23.4 Å². The van der Waals surface area contributed by atoms with Crippen molar-refractivity contribution in [2.75, 3.05) is 7.11 Å². The molecule has 0 aliphatic rings. The first-order valence-corrected chi connectivity index (χ1v) is 6.33. The van der Waals surface area contributed by atoms with E-state index in [1.165, 1.54) is 19.2 Å². The van der Waals surface area contributed by atoms with Crippen LogP contribution < -0.4 is 10.9 Å². The summed E-state index contributed by atoms with van der Waals surface area (Å²) < 4.78 is 4.36. The Morgan fingerprint density at radius 3 is 2.55 bits per heavy atom. The molecule has 0 aliphatic heterocycles. The highest BCUT2D eigenvalue weighted by Gasteiger charge is 2.16. The molecule has 0 unspecified atom stereocenters. The molecule has 0 heterocycles. The maximum Gasteiger partial charge on any atom is 0.306 e. The highest BCUT2D eigenvalue weighted by Crippen LogP contribution is 2.24. The summed E-state index contributed by atoms with van der Waals surface area (Å²) in [6.45, 7) is 0. The van der Waals surface area contributed by atoms with E-state index in [1.54, 1.807) is 0 Å². The van der Waals surface area contributed by atoms with E-state index < -0.39 is 28.4 Å². The number of nitrogens with one attached hydrogen (secondary N) is 2. The Morgan fingerprint density at radius 2 is 1.95 bits per heavy atom. The first kappa shape index (κ1) is 17.4. The molecule has 0 saturated carbocycles. The summed E-state index contributed by atoms with van der Waals surface area (Å²) in [7, 11) is 1.19. The maximum absolute atomic E-state index is 11.7. The predicted molar refractivity (Wildman–Crippen MR) is 75.0 cm³/mol. The van der Waals surface area contributed by atoms with Gasteiger partial charge in [0.2, 0.25) is 5.91 Å². The molecule has 0 bridgehead atoms. The van der Waals surface area contributed by atoms with Gasteiger partial charge in [-0.3, -0.25) is 35.3 Å². The number of carbonyl (C=O) groups excluding carboxylic acids is 3. The van der Waals surface area contributed by atoms with Gasteiger partial charge in [-0.2, -0.15) is 0 Å². The molecule has 0 spiro atoms. The molecule has 2 amide bonds. The number of hydrazine groups is 1. The number of hydrogen-bond acceptors (Lipinski definition) is 6. The molecule has 22 heavy (non-hydrogen) atoms. The Labute approximate surface area is 129 Å². The minimum absolute atomic E-state index is 0.0515. The lowest BCUT2D eigenvalue weighted by atomic mass is 10.2. The molecular weight excluding hydrogens is 318 g/mol. The van der Waals surface area contributed by atoms with Gasteiger partial charge in [-0.05, 0) is 12.1 Å². The quantitative estimate of drug-likeness (QED) is 0.470. The Balaban J connectivity index is 2.59. The zero-order valence-electron chi connectivity index (χ0n) is 11.4. The van der Waals surface area contributed by atoms with Crippen molar-refractivity contribution < 1.29 is 24.0 Å². The first-order chi connectivity index (χ1) is 10.3. The monoisotopic (exact) mass is 329 g/mol. The number of nitrogens with zero attached hydrogens (tertiary/aromatic N) is 1. The van der Waals surface area contributed by atoms with Gasteiger partial charge in [0, 0.05) is 18.1 Å². The summed E-state index contributed by atoms with van der Waals surface area (Å²) in [6.07, 6.45) is -0.307. The Morgan fingerprint density at radius 1 is 1.27 bits per heavy atom. The lowest BCUT2D eigenvalue weighted by Gasteiger charge is -2.07. The minimum atomic E-state index is -0.758. The molecule has 9 nitrogen and oxygen atoms in total. The summed E-state index contributed by atoms with van der Waals surface area (Å²) in [5.41, 5.74) is 3.67. The van der Waals surface area contributed by atoms with Crippen molar-refractivity contribution in [3.63, 3.8) is 0 Å². The number of halogens is 1. The largest absolute Gasteiger partial charge is 0.469 e. The predicted octanol–water partition coefficient (Wildman–Crippen LogP) is 0.962. The zero-order valence-corrected chi connectivity index (χ0v) is 12.2. The molecule has 0 aromatic heterocycles. The van der Waals surface area contributed by atoms with E-state index >= 15 is 0 Å². The van der Waals surface area contributed by atoms with Crippen LogP contribution in [0.15, 0.2) is 18.2 Å². The molecule has 2 N–H and O–H groups in total. The van der Waals surface area contributed by atoms with Crippen molar-refractivity contribution in [2.24, 2.45) is 0 Å². The van der Waals surface area contributed by atoms with Crippen LogP contribution in [-0.4, -0.2) is 29.8 Å². The molecule has 10 heteroatoms. The number of nitro groups is 1. The fraction of sp³-hybridized carbons (Fsp3) is 0.250. The van der Waals surface area contributed by atoms with Crippen LogP contribution in [-0.2, 0) is 14.3 Å². The third kappa shape index (κ3) is 5.02. The number of esters is 1. The third-order valence-electron chi connectivity index (χ3n) is 2.50. The van der Waals surface area contributed by atoms with Crippen LogP contribution >= 0.6 is 11.6 Å². The maximum atomic E-state index is 11.7. The van der Waals surface area contributed by atoms with Gasteiger partial charge in [-0.15, -0.1) is 0 Å². The fourth-order valence-electron chi connectivity index (χ4n) is 1.37. The number of benzene rings is 1. The highest BCUT2D eigenvalue weighted by atomic mass is 35.5. The van der Waals surface area contributed by atoms with Crippen LogP contribution in [0.3, 0.4) is 0 Å². The molecule has 1 aromatic rings. The van der Waals surface area contributed by atoms with Gasteiger partial charge in [0.15, 0.2) is 0 Å². The van der Waals surface area contributed by atoms with E-state index in [1.807, 2.05) is 0 Å². The molecular formula is C12H12ClN3O6. The minimum Gasteiger partial charge on any atom is -0.469 e. The fourth-order valence-corrected chi connectivity index (χ4v) is 1.56. The number of ether oxygens (including phenoxy) is 1. The summed E-state index contributed by atoms with van der Waals surface area (Å²) >= 11 is 5.62. The van der Waals surface area contributed by atoms with Crippen molar-refractivity contribution in [3.8, 4) is 0 Å². The first-order valence-electron chi connectivity index (χ1n) is 5.95. The standard InChI is InChI=1S/C12H12ClN3O6/c1-22-11(18)5-4-10(17)14-15-12(19)7-2-3-8(13)9(6-7)16(20)21/h2-3,6H,4-5H2,1H3,(H,14,17)(H,15,19). The second-order valence-electron chi connectivity index (χ2n) is 4.00. The van der Waals surface area contributed by atoms with E-state index in [2.05, 4.69) is 15.6 Å². The molecule has 1 rings (SSSR count). The van der Waals surface area contributed by atoms with Gasteiger partial charge < -0.3 is 4.74 Å². The van der Waals surface area contributed by atoms with Crippen molar-refractivity contribution in [2.45, 2.75) is 12.8 Å². The van der Waals surface area contributed by atoms with Crippen LogP contribution in [0, 0.1) is 10.1 Å². The summed E-state index contributed by atoms with van der Waals surface area (Å²) in [4.78, 5) is 43.9. The Bertz CT molecular complexity index is 619. The number of carbonyl (C=O) groups is 3. The summed E-state index contributed by atoms with van der Waals surface area (Å²) in [6, 6.07) is 3.46. The lowest BCUT2D eigenvalue weighted by molar-refractivity contribution is -0.384. The molecule has 0 fully saturated rings. The van der Waals surface area contributed by atoms with Crippen molar-refractivity contribution in [1.29, 1.82) is 0 Å². The van der Waals surface area contributed by atoms with Crippen LogP contribution in [0.4, 0.5) is 5.69 Å². The van der Waals surface area contributed by atoms with E-state index in [9.17, 15) is 24.5 Å². The molecule has 0 aliphatic carbocycles. The second kappa shape index (κ2) is 7.93. The van der Waals surface area contributed by atoms with Crippen molar-refractivity contribution in [1.82, 2.24) is 10.9 Å². The lowest BCUT2D eigenvalue weighted by Crippen LogP contribution is -2.41. The highest BCUT2D eigenvalue weighted by molar-refractivity contribution is 6.32. The van der Waals surface area contributed by atoms with Gasteiger partial charge in [-0.1, -0.05) is 11.6 Å². The van der Waals surface area contributed by atoms with Crippen LogP contribution in [0.1, 0.15) is 23.2 Å². The Kier molecular flexibility index (Phi) is 6.26. The molecule has 1 aromatic carbocycles. The van der Waals surface area contributed by atoms with Gasteiger partial charge in [-0.25, -0.2) is 0 Å². The summed E-state index contributed by atoms with van der Waals surface area (Å²) in [5, 5.41) is 10.6. The second-order valence-corrected chi connectivity index (χ2v) is 4.41. The Hall–Kier alpha value is -2.68. The van der Waals surface area contributed by atoms with Gasteiger partial charge in [0.05, 0.1) is 18.5 Å². The van der Waals surface area contributed by atoms with Gasteiger partial charge >= 0.3 is 5.97 Å². The molecule has 0 saturated heterocycles. The number of hydrogen-bond donors (Lipinski definition) is 2. The molecule has 0 atom stereocenters. The average molecular weight is 330 g/mol. The third-order valence-corrected chi connectivity index (χ3v) is 2.82. The SMILES string of the molecule is COC(=O)CCC(=O)NNC(=O)c1ccc(Cl)c([N+](=O)[O-])c1. The zero-order chi connectivity index (χ0) is 16.7.